The number of rotatable bonds is 3. The molecule has 2 aliphatic rings. The van der Waals surface area contributed by atoms with Gasteiger partial charge >= 0.3 is 0 Å². The third-order valence-electron chi connectivity index (χ3n) is 5.26. The summed E-state index contributed by atoms with van der Waals surface area (Å²) < 4.78 is 0. The first-order chi connectivity index (χ1) is 8.92. The molecule has 2 rings (SSSR count). The van der Waals surface area contributed by atoms with E-state index in [1.165, 1.54) is 83.5 Å². The highest BCUT2D eigenvalue weighted by molar-refractivity contribution is 4.83. The lowest BCUT2D eigenvalue weighted by atomic mass is 9.78. The lowest BCUT2D eigenvalue weighted by molar-refractivity contribution is 0.203. The summed E-state index contributed by atoms with van der Waals surface area (Å²) >= 11 is 0. The second-order valence-electron chi connectivity index (χ2n) is 6.55. The van der Waals surface area contributed by atoms with Gasteiger partial charge in [-0.3, -0.25) is 11.3 Å². The summed E-state index contributed by atoms with van der Waals surface area (Å²) in [4.78, 5) is 0. The lowest BCUT2D eigenvalue weighted by Gasteiger charge is -2.34. The van der Waals surface area contributed by atoms with Crippen LogP contribution in [0.25, 0.3) is 0 Å². The van der Waals surface area contributed by atoms with Gasteiger partial charge in [-0.2, -0.15) is 0 Å². The largest absolute Gasteiger partial charge is 0.271 e. The predicted molar refractivity (Wildman–Crippen MR) is 78.1 cm³/mol. The molecule has 0 bridgehead atoms. The third-order valence-corrected chi connectivity index (χ3v) is 5.26. The minimum Gasteiger partial charge on any atom is -0.271 e. The van der Waals surface area contributed by atoms with Gasteiger partial charge in [0.2, 0.25) is 0 Å². The van der Waals surface area contributed by atoms with Crippen molar-refractivity contribution in [1.82, 2.24) is 5.43 Å². The van der Waals surface area contributed by atoms with Crippen LogP contribution in [0.2, 0.25) is 0 Å². The molecule has 1 unspecified atom stereocenters. The normalized spacial score (nSPS) is 27.2. The topological polar surface area (TPSA) is 38.0 Å². The number of hydrazine groups is 1. The van der Waals surface area contributed by atoms with Crippen molar-refractivity contribution in [3.63, 3.8) is 0 Å². The monoisotopic (exact) mass is 252 g/mol. The fourth-order valence-electron chi connectivity index (χ4n) is 4.17. The van der Waals surface area contributed by atoms with E-state index in [1.807, 2.05) is 0 Å². The van der Waals surface area contributed by atoms with Gasteiger partial charge in [-0.15, -0.1) is 0 Å². The third kappa shape index (κ3) is 4.24. The molecule has 2 heteroatoms. The maximum atomic E-state index is 5.93. The standard InChI is InChI=1S/C16H32N2/c17-18-16(15-12-8-4-5-9-13-15)14-10-6-2-1-3-7-11-14/h14-16,18H,1-13,17H2. The lowest BCUT2D eigenvalue weighted by Crippen LogP contribution is -2.46. The zero-order chi connectivity index (χ0) is 12.6. The van der Waals surface area contributed by atoms with Crippen LogP contribution in [-0.4, -0.2) is 6.04 Å². The summed E-state index contributed by atoms with van der Waals surface area (Å²) in [7, 11) is 0. The molecule has 0 amide bonds. The average Bonchev–Trinajstić information content (AvgIpc) is 2.61. The fourth-order valence-corrected chi connectivity index (χ4v) is 4.17. The van der Waals surface area contributed by atoms with Crippen molar-refractivity contribution >= 4 is 0 Å². The molecule has 18 heavy (non-hydrogen) atoms. The van der Waals surface area contributed by atoms with Crippen LogP contribution in [-0.2, 0) is 0 Å². The Kier molecular flexibility index (Phi) is 6.50. The van der Waals surface area contributed by atoms with Gasteiger partial charge in [-0.05, 0) is 37.5 Å². The number of hydrogen-bond acceptors (Lipinski definition) is 2. The van der Waals surface area contributed by atoms with E-state index in [-0.39, 0.29) is 0 Å². The van der Waals surface area contributed by atoms with Gasteiger partial charge in [0.15, 0.2) is 0 Å². The molecule has 2 aliphatic carbocycles. The molecule has 1 atom stereocenters. The van der Waals surface area contributed by atoms with Crippen molar-refractivity contribution < 1.29 is 0 Å². The second-order valence-corrected chi connectivity index (χ2v) is 6.55. The maximum absolute atomic E-state index is 5.93. The molecule has 0 heterocycles. The van der Waals surface area contributed by atoms with E-state index in [0.717, 1.165) is 11.8 Å². The summed E-state index contributed by atoms with van der Waals surface area (Å²) in [6.45, 7) is 0. The highest BCUT2D eigenvalue weighted by Crippen LogP contribution is 2.33. The van der Waals surface area contributed by atoms with Gasteiger partial charge in [0.1, 0.15) is 0 Å². The van der Waals surface area contributed by atoms with Gasteiger partial charge in [0.25, 0.3) is 0 Å². The Labute approximate surface area is 113 Å². The van der Waals surface area contributed by atoms with Crippen molar-refractivity contribution in [2.45, 2.75) is 89.5 Å². The van der Waals surface area contributed by atoms with Crippen LogP contribution in [0.15, 0.2) is 0 Å². The van der Waals surface area contributed by atoms with Gasteiger partial charge in [0.05, 0.1) is 0 Å². The van der Waals surface area contributed by atoms with Crippen molar-refractivity contribution in [2.75, 3.05) is 0 Å². The van der Waals surface area contributed by atoms with E-state index < -0.39 is 0 Å². The van der Waals surface area contributed by atoms with Crippen LogP contribution in [0.1, 0.15) is 83.5 Å². The Morgan fingerprint density at radius 2 is 0.944 bits per heavy atom. The highest BCUT2D eigenvalue weighted by atomic mass is 15.2. The first-order valence-corrected chi connectivity index (χ1v) is 8.38. The Hall–Kier alpha value is -0.0800. The first-order valence-electron chi connectivity index (χ1n) is 8.38. The Balaban J connectivity index is 1.91. The molecular weight excluding hydrogens is 220 g/mol. The Morgan fingerprint density at radius 1 is 0.611 bits per heavy atom. The number of hydrogen-bond donors (Lipinski definition) is 2. The molecule has 0 aliphatic heterocycles. The van der Waals surface area contributed by atoms with E-state index in [9.17, 15) is 0 Å². The zero-order valence-electron chi connectivity index (χ0n) is 12.0. The highest BCUT2D eigenvalue weighted by Gasteiger charge is 2.28. The van der Waals surface area contributed by atoms with E-state index in [4.69, 9.17) is 5.84 Å². The van der Waals surface area contributed by atoms with E-state index >= 15 is 0 Å². The van der Waals surface area contributed by atoms with Gasteiger partial charge < -0.3 is 0 Å². The van der Waals surface area contributed by atoms with Crippen molar-refractivity contribution in [1.29, 1.82) is 0 Å². The van der Waals surface area contributed by atoms with Crippen molar-refractivity contribution in [2.24, 2.45) is 17.7 Å². The van der Waals surface area contributed by atoms with Crippen LogP contribution in [0.4, 0.5) is 0 Å². The minimum atomic E-state index is 0.598. The van der Waals surface area contributed by atoms with E-state index in [1.54, 1.807) is 0 Å². The predicted octanol–water partition coefficient (Wildman–Crippen LogP) is 4.15. The van der Waals surface area contributed by atoms with Gasteiger partial charge in [0, 0.05) is 6.04 Å². The van der Waals surface area contributed by atoms with Crippen molar-refractivity contribution in [3.8, 4) is 0 Å². The molecule has 0 aromatic carbocycles. The summed E-state index contributed by atoms with van der Waals surface area (Å²) in [5.41, 5.74) is 3.22. The molecule has 0 aromatic heterocycles. The maximum Gasteiger partial charge on any atom is 0.0266 e. The number of nitrogens with two attached hydrogens (primary N) is 1. The summed E-state index contributed by atoms with van der Waals surface area (Å²) in [5, 5.41) is 0. The van der Waals surface area contributed by atoms with Gasteiger partial charge in [-0.25, -0.2) is 0 Å². The van der Waals surface area contributed by atoms with Crippen LogP contribution >= 0.6 is 0 Å². The number of nitrogens with one attached hydrogen (secondary N) is 1. The van der Waals surface area contributed by atoms with Crippen LogP contribution in [0, 0.1) is 11.8 Å². The quantitative estimate of drug-likeness (QED) is 0.450. The SMILES string of the molecule is NNC(C1CCCCCCC1)C1CCCCCC1. The Morgan fingerprint density at radius 3 is 1.28 bits per heavy atom. The second kappa shape index (κ2) is 8.16. The summed E-state index contributed by atoms with van der Waals surface area (Å²) in [5.74, 6) is 7.62. The summed E-state index contributed by atoms with van der Waals surface area (Å²) in [6, 6.07) is 0.598. The average molecular weight is 252 g/mol. The molecule has 0 spiro atoms. The molecule has 106 valence electrons. The first kappa shape index (κ1) is 14.3. The molecule has 0 aromatic rings. The molecule has 3 N–H and O–H groups in total. The van der Waals surface area contributed by atoms with Crippen LogP contribution < -0.4 is 11.3 Å². The molecule has 0 saturated heterocycles. The fraction of sp³-hybridized carbons (Fsp3) is 1.00. The van der Waals surface area contributed by atoms with Gasteiger partial charge in [-0.1, -0.05) is 57.8 Å². The minimum absolute atomic E-state index is 0.598. The molecule has 0 radical (unpaired) electrons. The van der Waals surface area contributed by atoms with Crippen LogP contribution in [0.5, 0.6) is 0 Å². The van der Waals surface area contributed by atoms with E-state index in [2.05, 4.69) is 5.43 Å². The van der Waals surface area contributed by atoms with Crippen LogP contribution in [0.3, 0.4) is 0 Å². The van der Waals surface area contributed by atoms with E-state index in [0.29, 0.717) is 6.04 Å². The molecule has 2 saturated carbocycles. The summed E-state index contributed by atoms with van der Waals surface area (Å²) in [6.07, 6.45) is 18.6. The smallest absolute Gasteiger partial charge is 0.0266 e. The molecule has 2 fully saturated rings. The molecular formula is C16H32N2. The Bertz CT molecular complexity index is 201. The molecule has 2 nitrogen and oxygen atoms in total. The zero-order valence-corrected chi connectivity index (χ0v) is 12.0. The van der Waals surface area contributed by atoms with Crippen molar-refractivity contribution in [3.05, 3.63) is 0 Å².